The highest BCUT2D eigenvalue weighted by atomic mass is 35.5. The number of amides is 1. The van der Waals surface area contributed by atoms with Crippen LogP contribution in [0.5, 0.6) is 0 Å². The number of fused-ring (bicyclic) bond motifs is 1. The molecule has 0 saturated carbocycles. The Morgan fingerprint density at radius 1 is 1.06 bits per heavy atom. The van der Waals surface area contributed by atoms with E-state index in [2.05, 4.69) is 4.98 Å². The van der Waals surface area contributed by atoms with Crippen LogP contribution < -0.4 is 5.73 Å². The number of carbonyl (C=O) groups is 1. The van der Waals surface area contributed by atoms with Crippen molar-refractivity contribution in [1.82, 2.24) is 14.2 Å². The van der Waals surface area contributed by atoms with Gasteiger partial charge >= 0.3 is 0 Å². The molecule has 8 nitrogen and oxygen atoms in total. The van der Waals surface area contributed by atoms with Crippen molar-refractivity contribution in [2.24, 2.45) is 5.73 Å². The molecule has 33 heavy (non-hydrogen) atoms. The van der Waals surface area contributed by atoms with E-state index < -0.39 is 10.0 Å². The summed E-state index contributed by atoms with van der Waals surface area (Å²) in [5, 5.41) is 9.58. The minimum Gasteiger partial charge on any atom is -0.384 e. The lowest BCUT2D eigenvalue weighted by Gasteiger charge is -2.33. The van der Waals surface area contributed by atoms with Gasteiger partial charge < -0.3 is 10.6 Å². The zero-order chi connectivity index (χ0) is 22.2. The van der Waals surface area contributed by atoms with E-state index in [1.807, 2.05) is 0 Å². The molecular formula is C21H22Cl3N5O3S. The van der Waals surface area contributed by atoms with Crippen LogP contribution in [0.2, 0.25) is 5.02 Å². The SMILES string of the molecule is Cl.Cl.N=C(N)c1ccc(CN2CCN(S(=O)(=O)c3ccc4cc(Cl)ccc4c3)CC2=O)nc1. The predicted octanol–water partition coefficient (Wildman–Crippen LogP) is 3.05. The Hall–Kier alpha value is -2.43. The Kier molecular flexibility index (Phi) is 8.67. The number of pyridine rings is 1. The molecule has 2 aromatic carbocycles. The van der Waals surface area contributed by atoms with Crippen LogP contribution in [0.3, 0.4) is 0 Å². The summed E-state index contributed by atoms with van der Waals surface area (Å²) in [7, 11) is -3.81. The van der Waals surface area contributed by atoms with Crippen molar-refractivity contribution >= 4 is 69.0 Å². The Labute approximate surface area is 209 Å². The lowest BCUT2D eigenvalue weighted by atomic mass is 10.1. The summed E-state index contributed by atoms with van der Waals surface area (Å²) in [6.45, 7) is 0.490. The molecule has 1 amide bonds. The molecule has 176 valence electrons. The van der Waals surface area contributed by atoms with Crippen LogP contribution in [-0.2, 0) is 21.4 Å². The van der Waals surface area contributed by atoms with Crippen molar-refractivity contribution < 1.29 is 13.2 Å². The van der Waals surface area contributed by atoms with Gasteiger partial charge in [0.2, 0.25) is 15.9 Å². The third-order valence-electron chi connectivity index (χ3n) is 5.18. The first-order valence-electron chi connectivity index (χ1n) is 9.50. The highest BCUT2D eigenvalue weighted by Gasteiger charge is 2.33. The number of aromatic nitrogens is 1. The molecule has 0 atom stereocenters. The van der Waals surface area contributed by atoms with Crippen molar-refractivity contribution in [2.45, 2.75) is 11.4 Å². The molecule has 12 heteroatoms. The summed E-state index contributed by atoms with van der Waals surface area (Å²) < 4.78 is 27.4. The van der Waals surface area contributed by atoms with Gasteiger partial charge in [0, 0.05) is 29.9 Å². The fourth-order valence-corrected chi connectivity index (χ4v) is 5.03. The number of amidine groups is 1. The summed E-state index contributed by atoms with van der Waals surface area (Å²) in [5.74, 6) is -0.370. The average Bonchev–Trinajstić information content (AvgIpc) is 2.75. The van der Waals surface area contributed by atoms with E-state index in [9.17, 15) is 13.2 Å². The maximum Gasteiger partial charge on any atom is 0.243 e. The predicted molar refractivity (Wildman–Crippen MR) is 133 cm³/mol. The van der Waals surface area contributed by atoms with E-state index in [-0.39, 0.29) is 67.6 Å². The van der Waals surface area contributed by atoms with Gasteiger partial charge in [-0.2, -0.15) is 4.31 Å². The van der Waals surface area contributed by atoms with Crippen molar-refractivity contribution in [3.05, 3.63) is 71.0 Å². The molecule has 0 bridgehead atoms. The Morgan fingerprint density at radius 2 is 1.76 bits per heavy atom. The van der Waals surface area contributed by atoms with Crippen molar-refractivity contribution in [1.29, 1.82) is 5.41 Å². The maximum absolute atomic E-state index is 13.1. The minimum absolute atomic E-state index is 0. The zero-order valence-electron chi connectivity index (χ0n) is 17.3. The summed E-state index contributed by atoms with van der Waals surface area (Å²) >= 11 is 5.99. The van der Waals surface area contributed by atoms with Gasteiger partial charge in [0.25, 0.3) is 0 Å². The summed E-state index contributed by atoms with van der Waals surface area (Å²) in [6, 6.07) is 13.5. The maximum atomic E-state index is 13.1. The third-order valence-corrected chi connectivity index (χ3v) is 7.26. The first kappa shape index (κ1) is 26.8. The molecule has 1 saturated heterocycles. The van der Waals surface area contributed by atoms with Crippen molar-refractivity contribution in [3.63, 3.8) is 0 Å². The van der Waals surface area contributed by atoms with Crippen molar-refractivity contribution in [3.8, 4) is 0 Å². The summed E-state index contributed by atoms with van der Waals surface area (Å²) in [4.78, 5) is 18.6. The van der Waals surface area contributed by atoms with Crippen LogP contribution in [-0.4, -0.2) is 54.0 Å². The van der Waals surface area contributed by atoms with Gasteiger partial charge in [0.1, 0.15) is 5.84 Å². The molecule has 0 unspecified atom stereocenters. The topological polar surface area (TPSA) is 120 Å². The van der Waals surface area contributed by atoms with Gasteiger partial charge in [-0.05, 0) is 47.2 Å². The second-order valence-corrected chi connectivity index (χ2v) is 9.63. The highest BCUT2D eigenvalue weighted by Crippen LogP contribution is 2.25. The quantitative estimate of drug-likeness (QED) is 0.388. The standard InChI is InChI=1S/C21H20ClN5O3S.2ClH/c22-17-4-1-15-10-19(6-3-14(15)9-17)31(29,30)27-8-7-26(20(28)13-27)12-18-5-2-16(11-25-18)21(23)24;;/h1-6,9-11H,7-8,12-13H2,(H3,23,24);2*1H. The number of nitrogens with zero attached hydrogens (tertiary/aromatic N) is 3. The molecule has 0 radical (unpaired) electrons. The normalized spacial score (nSPS) is 14.5. The first-order chi connectivity index (χ1) is 14.7. The smallest absolute Gasteiger partial charge is 0.243 e. The van der Waals surface area contributed by atoms with Gasteiger partial charge in [0.05, 0.1) is 23.7 Å². The highest BCUT2D eigenvalue weighted by molar-refractivity contribution is 7.89. The Morgan fingerprint density at radius 3 is 2.39 bits per heavy atom. The Balaban J connectivity index is 0.00000193. The number of nitrogen functional groups attached to an aromatic ring is 1. The monoisotopic (exact) mass is 529 g/mol. The number of rotatable bonds is 5. The van der Waals surface area contributed by atoms with E-state index in [4.69, 9.17) is 22.7 Å². The zero-order valence-corrected chi connectivity index (χ0v) is 20.5. The number of piperazine rings is 1. The van der Waals surface area contributed by atoms with Crippen LogP contribution in [0.4, 0.5) is 0 Å². The van der Waals surface area contributed by atoms with Gasteiger partial charge in [0.15, 0.2) is 0 Å². The fraction of sp³-hybridized carbons (Fsp3) is 0.190. The number of nitrogens with two attached hydrogens (primary N) is 1. The van der Waals surface area contributed by atoms with Gasteiger partial charge in [-0.1, -0.05) is 23.7 Å². The van der Waals surface area contributed by atoms with Crippen LogP contribution in [0.1, 0.15) is 11.3 Å². The molecule has 3 N–H and O–H groups in total. The average molecular weight is 531 g/mol. The molecule has 1 fully saturated rings. The molecule has 4 rings (SSSR count). The minimum atomic E-state index is -3.81. The summed E-state index contributed by atoms with van der Waals surface area (Å²) in [5.41, 5.74) is 6.57. The van der Waals surface area contributed by atoms with Gasteiger partial charge in [-0.15, -0.1) is 24.8 Å². The number of hydrogen-bond donors (Lipinski definition) is 2. The van der Waals surface area contributed by atoms with E-state index in [1.165, 1.54) is 16.6 Å². The molecule has 2 heterocycles. The molecule has 1 aliphatic rings. The number of sulfonamides is 1. The molecular weight excluding hydrogens is 509 g/mol. The third kappa shape index (κ3) is 5.74. The largest absolute Gasteiger partial charge is 0.384 e. The molecule has 1 aromatic heterocycles. The van der Waals surface area contributed by atoms with E-state index in [0.717, 1.165) is 10.8 Å². The molecule has 0 spiro atoms. The van der Waals surface area contributed by atoms with E-state index >= 15 is 0 Å². The first-order valence-corrected chi connectivity index (χ1v) is 11.3. The van der Waals surface area contributed by atoms with Crippen LogP contribution >= 0.6 is 36.4 Å². The fourth-order valence-electron chi connectivity index (χ4n) is 3.44. The molecule has 1 aliphatic heterocycles. The van der Waals surface area contributed by atoms with E-state index in [1.54, 1.807) is 47.4 Å². The Bertz CT molecular complexity index is 1290. The van der Waals surface area contributed by atoms with Gasteiger partial charge in [-0.25, -0.2) is 8.42 Å². The summed E-state index contributed by atoms with van der Waals surface area (Å²) in [6.07, 6.45) is 1.48. The van der Waals surface area contributed by atoms with Crippen molar-refractivity contribution in [2.75, 3.05) is 19.6 Å². The van der Waals surface area contributed by atoms with Crippen LogP contribution in [0.25, 0.3) is 10.8 Å². The number of hydrogen-bond acceptors (Lipinski definition) is 5. The second-order valence-electron chi connectivity index (χ2n) is 7.26. The second kappa shape index (κ2) is 10.7. The number of halogens is 3. The lowest BCUT2D eigenvalue weighted by Crippen LogP contribution is -2.51. The van der Waals surface area contributed by atoms with Gasteiger partial charge in [-0.3, -0.25) is 15.2 Å². The number of nitrogens with one attached hydrogen (secondary N) is 1. The number of benzene rings is 2. The van der Waals surface area contributed by atoms with Crippen LogP contribution in [0, 0.1) is 5.41 Å². The molecule has 0 aliphatic carbocycles. The van der Waals surface area contributed by atoms with E-state index in [0.29, 0.717) is 16.3 Å². The number of carbonyl (C=O) groups excluding carboxylic acids is 1. The van der Waals surface area contributed by atoms with Crippen LogP contribution in [0.15, 0.2) is 59.6 Å². The lowest BCUT2D eigenvalue weighted by molar-refractivity contribution is -0.134. The molecule has 3 aromatic rings.